The van der Waals surface area contributed by atoms with Gasteiger partial charge in [-0.05, 0) is 157 Å². The fourth-order valence-electron chi connectivity index (χ4n) is 15.9. The second-order valence-electron chi connectivity index (χ2n) is 22.9. The third-order valence-electron chi connectivity index (χ3n) is 19.5. The zero-order valence-corrected chi connectivity index (χ0v) is 38.0. The first-order chi connectivity index (χ1) is 28.6. The molecule has 9 rings (SSSR count). The molecule has 10 heteroatoms. The van der Waals surface area contributed by atoms with Crippen molar-refractivity contribution in [2.75, 3.05) is 6.54 Å². The maximum Gasteiger partial charge on any atom is 0.309 e. The highest BCUT2D eigenvalue weighted by Gasteiger charge is 2.71. The van der Waals surface area contributed by atoms with E-state index in [0.29, 0.717) is 31.2 Å². The Morgan fingerprint density at radius 3 is 2.26 bits per heavy atom. The number of imidazole rings is 1. The van der Waals surface area contributed by atoms with Crippen molar-refractivity contribution < 1.29 is 33.4 Å². The Morgan fingerprint density at radius 2 is 1.59 bits per heavy atom. The Morgan fingerprint density at radius 1 is 0.869 bits per heavy atom. The van der Waals surface area contributed by atoms with Gasteiger partial charge in [0.15, 0.2) is 5.78 Å². The average Bonchev–Trinajstić information content (AvgIpc) is 3.94. The number of allylic oxidation sites excluding steroid dienone is 1. The van der Waals surface area contributed by atoms with Crippen LogP contribution in [0.3, 0.4) is 0 Å². The highest BCUT2D eigenvalue weighted by Crippen LogP contribution is 2.77. The molecule has 1 aromatic heterocycles. The van der Waals surface area contributed by atoms with E-state index < -0.39 is 28.6 Å². The van der Waals surface area contributed by atoms with Gasteiger partial charge < -0.3 is 19.7 Å². The lowest BCUT2D eigenvalue weighted by Gasteiger charge is -2.72. The number of carboxylic acid groups (broad SMARTS) is 1. The number of fused-ring (bicyclic) bond motifs is 7. The number of likely N-dealkylation sites (tertiary alicyclic amines) is 1. The van der Waals surface area contributed by atoms with Crippen LogP contribution in [0, 0.1) is 73.8 Å². The van der Waals surface area contributed by atoms with Gasteiger partial charge in [-0.2, -0.15) is 0 Å². The minimum atomic E-state index is -0.844. The first kappa shape index (κ1) is 42.5. The van der Waals surface area contributed by atoms with Crippen molar-refractivity contribution in [2.24, 2.45) is 68.0 Å². The van der Waals surface area contributed by atoms with Crippen molar-refractivity contribution in [3.8, 4) is 11.3 Å². The van der Waals surface area contributed by atoms with Gasteiger partial charge in [0.2, 0.25) is 5.91 Å². The maximum atomic E-state index is 15.5. The minimum Gasteiger partial charge on any atom is -0.481 e. The number of ketones is 1. The highest BCUT2D eigenvalue weighted by molar-refractivity contribution is 6.07. The summed E-state index contributed by atoms with van der Waals surface area (Å²) in [6.45, 7) is 20.9. The van der Waals surface area contributed by atoms with E-state index in [9.17, 15) is 23.9 Å². The number of hydrogen-bond donors (Lipinski definition) is 2. The van der Waals surface area contributed by atoms with E-state index in [2.05, 4.69) is 53.5 Å². The van der Waals surface area contributed by atoms with Crippen molar-refractivity contribution in [1.29, 1.82) is 0 Å². The van der Waals surface area contributed by atoms with Gasteiger partial charge in [0, 0.05) is 18.4 Å². The van der Waals surface area contributed by atoms with Crippen LogP contribution in [0.1, 0.15) is 151 Å². The summed E-state index contributed by atoms with van der Waals surface area (Å²) in [6.07, 6.45) is 11.2. The van der Waals surface area contributed by atoms with E-state index >= 15 is 4.79 Å². The Hall–Kier alpha value is -3.82. The molecular formula is C51H68FN3O6. The molecular weight excluding hydrogens is 770 g/mol. The molecule has 1 aromatic carbocycles. The Kier molecular flexibility index (Phi) is 9.81. The lowest BCUT2D eigenvalue weighted by Crippen LogP contribution is -2.66. The van der Waals surface area contributed by atoms with Crippen LogP contribution in [0.25, 0.3) is 11.3 Å². The molecule has 6 fully saturated rings. The number of nitrogens with zero attached hydrogens (tertiary/aromatic N) is 2. The number of benzene rings is 1. The van der Waals surface area contributed by atoms with Gasteiger partial charge in [-0.1, -0.05) is 62.3 Å². The van der Waals surface area contributed by atoms with Crippen molar-refractivity contribution in [2.45, 2.75) is 152 Å². The molecule has 5 saturated carbocycles. The normalized spacial score (nSPS) is 39.8. The van der Waals surface area contributed by atoms with Crippen molar-refractivity contribution in [3.05, 3.63) is 53.3 Å². The lowest BCUT2D eigenvalue weighted by atomic mass is 9.33. The second-order valence-corrected chi connectivity index (χ2v) is 22.9. The summed E-state index contributed by atoms with van der Waals surface area (Å²) in [5.41, 5.74) is 1.89. The Bertz CT molecular complexity index is 2190. The van der Waals surface area contributed by atoms with Gasteiger partial charge in [0.25, 0.3) is 0 Å². The lowest BCUT2D eigenvalue weighted by molar-refractivity contribution is -0.236. The molecule has 1 aliphatic heterocycles. The number of Topliss-reactive ketones (excluding diaryl/α,β-unsaturated/α-hetero) is 1. The summed E-state index contributed by atoms with van der Waals surface area (Å²) in [4.78, 5) is 65.7. The third kappa shape index (κ3) is 5.90. The number of halogens is 1. The predicted molar refractivity (Wildman–Crippen MR) is 230 cm³/mol. The van der Waals surface area contributed by atoms with Crippen LogP contribution in [-0.2, 0) is 23.9 Å². The first-order valence-corrected chi connectivity index (χ1v) is 23.4. The molecule has 1 saturated heterocycles. The van der Waals surface area contributed by atoms with E-state index in [1.54, 1.807) is 18.3 Å². The third-order valence-corrected chi connectivity index (χ3v) is 19.5. The summed E-state index contributed by atoms with van der Waals surface area (Å²) in [7, 11) is 0. The summed E-state index contributed by atoms with van der Waals surface area (Å²) >= 11 is 0. The molecule has 0 bridgehead atoms. The van der Waals surface area contributed by atoms with Crippen molar-refractivity contribution in [1.82, 2.24) is 14.9 Å². The van der Waals surface area contributed by atoms with Crippen LogP contribution in [0.15, 0.2) is 41.6 Å². The van der Waals surface area contributed by atoms with Gasteiger partial charge >= 0.3 is 11.9 Å². The number of hydrogen-bond acceptors (Lipinski definition) is 6. The quantitative estimate of drug-likeness (QED) is 0.266. The van der Waals surface area contributed by atoms with E-state index in [1.807, 2.05) is 18.7 Å². The number of aliphatic carboxylic acids is 1. The molecule has 1 unspecified atom stereocenters. The number of nitrogens with one attached hydrogen (secondary N) is 1. The van der Waals surface area contributed by atoms with Crippen LogP contribution in [-0.4, -0.2) is 56.3 Å². The van der Waals surface area contributed by atoms with Crippen molar-refractivity contribution >= 4 is 23.6 Å². The number of aromatic nitrogens is 2. The molecule has 2 heterocycles. The monoisotopic (exact) mass is 838 g/mol. The van der Waals surface area contributed by atoms with Crippen LogP contribution >= 0.6 is 0 Å². The smallest absolute Gasteiger partial charge is 0.309 e. The summed E-state index contributed by atoms with van der Waals surface area (Å²) < 4.78 is 20.2. The molecule has 11 atom stereocenters. The SMILES string of the molecule is CC(C)C1=C2[C@H]3CC[C@@H]4[C@@]5(C)CC[C@H](OC(=O)[C@H]6C[C@@H](C(=O)O)C6(C)C)C(C)(C)[C@@H]5CC[C@@]4(C)[C@]3(C)CC[C@@]2(C(=O)N2CCCC2c2ncc(-c3ccc(F)cc3)[nH]2)CC1=O. The number of aromatic amines is 1. The maximum absolute atomic E-state index is 15.5. The van der Waals surface area contributed by atoms with Gasteiger partial charge in [0.1, 0.15) is 17.7 Å². The van der Waals surface area contributed by atoms with E-state index in [4.69, 9.17) is 9.72 Å². The standard InChI is InChI=1S/C51H68FN3O6/c1-28(2)40-36(56)26-51(45(60)55-24-10-11-35(55)42-53-27-34(54-42)29-12-14-30(52)15-13-29)23-22-49(8)31(41(40)51)16-17-38-48(7)20-19-39(47(5,6)37(48)18-21-50(38,49)9)61-44(59)33-25-32(43(57)58)46(33,3)4/h12-15,27-28,31-33,35,37-39H,10-11,16-26H2,1-9H3,(H,53,54)(H,57,58)/t31-,32+,33-,35?,37+,38-,39+,48+,49-,50-,51-/m1/s1. The number of rotatable bonds is 7. The van der Waals surface area contributed by atoms with Gasteiger partial charge in [-0.15, -0.1) is 0 Å². The molecule has 9 nitrogen and oxygen atoms in total. The fraction of sp³-hybridized carbons (Fsp3) is 0.706. The van der Waals surface area contributed by atoms with Crippen LogP contribution in [0.2, 0.25) is 0 Å². The first-order valence-electron chi connectivity index (χ1n) is 23.4. The molecule has 2 N–H and O–H groups in total. The van der Waals surface area contributed by atoms with Crippen LogP contribution < -0.4 is 0 Å². The summed E-state index contributed by atoms with van der Waals surface area (Å²) in [6, 6.07) is 6.14. The number of carbonyl (C=O) groups excluding carboxylic acids is 3. The van der Waals surface area contributed by atoms with Gasteiger partial charge in [0.05, 0.1) is 35.2 Å². The zero-order chi connectivity index (χ0) is 43.8. The average molecular weight is 838 g/mol. The molecule has 7 aliphatic rings. The predicted octanol–water partition coefficient (Wildman–Crippen LogP) is 10.5. The summed E-state index contributed by atoms with van der Waals surface area (Å²) in [5, 5.41) is 9.70. The Labute approximate surface area is 361 Å². The van der Waals surface area contributed by atoms with Crippen LogP contribution in [0.5, 0.6) is 0 Å². The highest BCUT2D eigenvalue weighted by atomic mass is 19.1. The molecule has 6 aliphatic carbocycles. The van der Waals surface area contributed by atoms with Gasteiger partial charge in [-0.25, -0.2) is 9.37 Å². The topological polar surface area (TPSA) is 130 Å². The molecule has 0 radical (unpaired) electrons. The Balaban J connectivity index is 0.988. The number of esters is 1. The number of carbonyl (C=O) groups is 4. The van der Waals surface area contributed by atoms with Gasteiger partial charge in [-0.3, -0.25) is 19.2 Å². The number of amides is 1. The van der Waals surface area contributed by atoms with E-state index in [-0.39, 0.29) is 75.5 Å². The zero-order valence-electron chi connectivity index (χ0n) is 38.0. The molecule has 330 valence electrons. The molecule has 61 heavy (non-hydrogen) atoms. The molecule has 0 spiro atoms. The largest absolute Gasteiger partial charge is 0.481 e. The van der Waals surface area contributed by atoms with E-state index in [1.165, 1.54) is 12.1 Å². The number of carboxylic acids is 1. The number of ether oxygens (including phenoxy) is 1. The molecule has 1 amide bonds. The van der Waals surface area contributed by atoms with E-state index in [0.717, 1.165) is 86.0 Å². The molecule has 2 aromatic rings. The summed E-state index contributed by atoms with van der Waals surface area (Å²) in [5.74, 6) is -0.360. The fourth-order valence-corrected chi connectivity index (χ4v) is 15.9. The second kappa shape index (κ2) is 14.1. The minimum absolute atomic E-state index is 0.0143. The van der Waals surface area contributed by atoms with Crippen molar-refractivity contribution in [3.63, 3.8) is 0 Å². The number of H-pyrrole nitrogens is 1. The van der Waals surface area contributed by atoms with Crippen LogP contribution in [0.4, 0.5) is 4.39 Å².